The third-order valence-corrected chi connectivity index (χ3v) is 4.14. The zero-order valence-corrected chi connectivity index (χ0v) is 13.2. The van der Waals surface area contributed by atoms with Crippen LogP contribution in [0.1, 0.15) is 43.7 Å². The van der Waals surface area contributed by atoms with Gasteiger partial charge in [-0.15, -0.1) is 0 Å². The molecular formula is C17H27NO2. The minimum Gasteiger partial charge on any atom is -0.496 e. The van der Waals surface area contributed by atoms with Crippen molar-refractivity contribution in [2.75, 3.05) is 19.0 Å². The largest absolute Gasteiger partial charge is 0.496 e. The summed E-state index contributed by atoms with van der Waals surface area (Å²) in [5.41, 5.74) is 3.58. The van der Waals surface area contributed by atoms with E-state index in [-0.39, 0.29) is 0 Å². The average molecular weight is 277 g/mol. The van der Waals surface area contributed by atoms with Crippen LogP contribution >= 0.6 is 0 Å². The Morgan fingerprint density at radius 3 is 2.85 bits per heavy atom. The summed E-state index contributed by atoms with van der Waals surface area (Å²) < 4.78 is 11.3. The molecule has 0 bridgehead atoms. The van der Waals surface area contributed by atoms with Gasteiger partial charge in [-0.25, -0.2) is 0 Å². The van der Waals surface area contributed by atoms with Crippen molar-refractivity contribution in [2.45, 2.75) is 58.6 Å². The highest BCUT2D eigenvalue weighted by atomic mass is 16.5. The highest BCUT2D eigenvalue weighted by molar-refractivity contribution is 5.60. The molecule has 1 aromatic rings. The first kappa shape index (κ1) is 15.2. The van der Waals surface area contributed by atoms with E-state index in [0.717, 1.165) is 31.6 Å². The molecule has 1 aliphatic rings. The third-order valence-electron chi connectivity index (χ3n) is 4.14. The number of nitrogens with one attached hydrogen (secondary N) is 1. The van der Waals surface area contributed by atoms with Crippen molar-refractivity contribution in [3.8, 4) is 5.75 Å². The normalized spacial score (nSPS) is 22.6. The Morgan fingerprint density at radius 1 is 1.35 bits per heavy atom. The molecule has 1 aliphatic heterocycles. The van der Waals surface area contributed by atoms with E-state index < -0.39 is 0 Å². The number of hydrogen-bond acceptors (Lipinski definition) is 3. The quantitative estimate of drug-likeness (QED) is 0.880. The van der Waals surface area contributed by atoms with Gasteiger partial charge in [0.15, 0.2) is 0 Å². The maximum atomic E-state index is 5.82. The molecule has 1 N–H and O–H groups in total. The summed E-state index contributed by atoms with van der Waals surface area (Å²) in [5.74, 6) is 0.993. The summed E-state index contributed by atoms with van der Waals surface area (Å²) in [7, 11) is 1.74. The Bertz CT molecular complexity index is 443. The number of ether oxygens (including phenoxy) is 2. The number of benzene rings is 1. The fraction of sp³-hybridized carbons (Fsp3) is 0.647. The Balaban J connectivity index is 2.06. The third kappa shape index (κ3) is 3.45. The first-order chi connectivity index (χ1) is 9.65. The number of anilines is 1. The van der Waals surface area contributed by atoms with Crippen LogP contribution in [0.25, 0.3) is 0 Å². The van der Waals surface area contributed by atoms with Crippen molar-refractivity contribution < 1.29 is 9.47 Å². The maximum absolute atomic E-state index is 5.82. The molecule has 3 heteroatoms. The van der Waals surface area contributed by atoms with E-state index in [9.17, 15) is 0 Å². The molecule has 2 atom stereocenters. The van der Waals surface area contributed by atoms with E-state index in [1.165, 1.54) is 23.2 Å². The van der Waals surface area contributed by atoms with Crippen molar-refractivity contribution in [1.29, 1.82) is 0 Å². The molecule has 1 saturated heterocycles. The van der Waals surface area contributed by atoms with Crippen LogP contribution in [0.3, 0.4) is 0 Å². The van der Waals surface area contributed by atoms with E-state index in [1.54, 1.807) is 7.11 Å². The Labute approximate surface area is 122 Å². The van der Waals surface area contributed by atoms with Crippen LogP contribution in [0.2, 0.25) is 0 Å². The number of rotatable bonds is 5. The van der Waals surface area contributed by atoms with E-state index in [2.05, 4.69) is 38.2 Å². The molecule has 0 aliphatic carbocycles. The summed E-state index contributed by atoms with van der Waals surface area (Å²) in [4.78, 5) is 0. The van der Waals surface area contributed by atoms with Crippen molar-refractivity contribution >= 4 is 5.69 Å². The van der Waals surface area contributed by atoms with Gasteiger partial charge in [-0.05, 0) is 44.7 Å². The Hall–Kier alpha value is -1.22. The minimum atomic E-state index is 0.416. The molecule has 1 fully saturated rings. The van der Waals surface area contributed by atoms with Gasteiger partial charge in [0.1, 0.15) is 5.75 Å². The first-order valence-electron chi connectivity index (χ1n) is 7.68. The Kier molecular flexibility index (Phi) is 5.30. The lowest BCUT2D eigenvalue weighted by atomic mass is 9.99. The molecule has 2 unspecified atom stereocenters. The summed E-state index contributed by atoms with van der Waals surface area (Å²) in [6.07, 6.45) is 4.95. The van der Waals surface area contributed by atoms with Gasteiger partial charge in [0.2, 0.25) is 0 Å². The van der Waals surface area contributed by atoms with Crippen LogP contribution in [-0.2, 0) is 4.74 Å². The lowest BCUT2D eigenvalue weighted by Gasteiger charge is -2.31. The summed E-state index contributed by atoms with van der Waals surface area (Å²) in [6.45, 7) is 7.29. The molecule has 1 heterocycles. The van der Waals surface area contributed by atoms with E-state index in [4.69, 9.17) is 9.47 Å². The average Bonchev–Trinajstić information content (AvgIpc) is 2.43. The van der Waals surface area contributed by atoms with Crippen LogP contribution in [0.4, 0.5) is 5.69 Å². The van der Waals surface area contributed by atoms with Gasteiger partial charge >= 0.3 is 0 Å². The van der Waals surface area contributed by atoms with Crippen LogP contribution in [0, 0.1) is 13.8 Å². The second-order valence-electron chi connectivity index (χ2n) is 5.74. The number of aryl methyl sites for hydroxylation is 1. The molecule has 0 spiro atoms. The van der Waals surface area contributed by atoms with Gasteiger partial charge in [-0.2, -0.15) is 0 Å². The second-order valence-corrected chi connectivity index (χ2v) is 5.74. The summed E-state index contributed by atoms with van der Waals surface area (Å²) in [6, 6.07) is 4.79. The second kappa shape index (κ2) is 6.98. The van der Waals surface area contributed by atoms with Crippen molar-refractivity contribution in [3.63, 3.8) is 0 Å². The molecule has 3 nitrogen and oxygen atoms in total. The maximum Gasteiger partial charge on any atom is 0.126 e. The summed E-state index contributed by atoms with van der Waals surface area (Å²) in [5, 5.41) is 3.68. The zero-order valence-electron chi connectivity index (χ0n) is 13.2. The van der Waals surface area contributed by atoms with E-state index in [0.29, 0.717) is 12.1 Å². The van der Waals surface area contributed by atoms with Crippen LogP contribution < -0.4 is 10.1 Å². The van der Waals surface area contributed by atoms with Gasteiger partial charge < -0.3 is 14.8 Å². The fourth-order valence-electron chi connectivity index (χ4n) is 3.05. The lowest BCUT2D eigenvalue weighted by Crippen LogP contribution is -2.34. The van der Waals surface area contributed by atoms with Crippen molar-refractivity contribution in [2.24, 2.45) is 0 Å². The standard InChI is InChI=1S/C17H27NO2/c1-5-6-15-11-14(9-10-20-15)18-16-8-7-12(2)17(19-4)13(16)3/h7-8,14-15,18H,5-6,9-11H2,1-4H3. The highest BCUT2D eigenvalue weighted by Crippen LogP contribution is 2.31. The van der Waals surface area contributed by atoms with Gasteiger partial charge in [0.25, 0.3) is 0 Å². The van der Waals surface area contributed by atoms with Crippen LogP contribution in [0.15, 0.2) is 12.1 Å². The number of methoxy groups -OCH3 is 1. The smallest absolute Gasteiger partial charge is 0.126 e. The van der Waals surface area contributed by atoms with Crippen LogP contribution in [0.5, 0.6) is 5.75 Å². The monoisotopic (exact) mass is 277 g/mol. The molecule has 20 heavy (non-hydrogen) atoms. The summed E-state index contributed by atoms with van der Waals surface area (Å²) >= 11 is 0. The van der Waals surface area contributed by atoms with Crippen molar-refractivity contribution in [3.05, 3.63) is 23.3 Å². The molecule has 0 amide bonds. The van der Waals surface area contributed by atoms with Gasteiger partial charge in [-0.3, -0.25) is 0 Å². The van der Waals surface area contributed by atoms with Gasteiger partial charge in [0, 0.05) is 23.9 Å². The SMILES string of the molecule is CCCC1CC(Nc2ccc(C)c(OC)c2C)CCO1. The molecule has 0 radical (unpaired) electrons. The van der Waals surface area contributed by atoms with Crippen molar-refractivity contribution in [1.82, 2.24) is 0 Å². The zero-order chi connectivity index (χ0) is 14.5. The predicted molar refractivity (Wildman–Crippen MR) is 83.8 cm³/mol. The lowest BCUT2D eigenvalue weighted by molar-refractivity contribution is 0.00597. The van der Waals surface area contributed by atoms with Crippen LogP contribution in [-0.4, -0.2) is 25.9 Å². The molecule has 0 saturated carbocycles. The van der Waals surface area contributed by atoms with Gasteiger partial charge in [-0.1, -0.05) is 19.4 Å². The van der Waals surface area contributed by atoms with E-state index >= 15 is 0 Å². The Morgan fingerprint density at radius 2 is 2.15 bits per heavy atom. The molecule has 112 valence electrons. The predicted octanol–water partition coefficient (Wildman–Crippen LogP) is 4.07. The molecule has 1 aromatic carbocycles. The molecule has 0 aromatic heterocycles. The minimum absolute atomic E-state index is 0.416. The van der Waals surface area contributed by atoms with E-state index in [1.807, 2.05) is 0 Å². The first-order valence-corrected chi connectivity index (χ1v) is 7.68. The van der Waals surface area contributed by atoms with Gasteiger partial charge in [0.05, 0.1) is 13.2 Å². The topological polar surface area (TPSA) is 30.5 Å². The molecule has 2 rings (SSSR count). The molecular weight excluding hydrogens is 250 g/mol. The fourth-order valence-corrected chi connectivity index (χ4v) is 3.05. The highest BCUT2D eigenvalue weighted by Gasteiger charge is 2.22. The number of hydrogen-bond donors (Lipinski definition) is 1.